The van der Waals surface area contributed by atoms with E-state index in [-0.39, 0.29) is 17.6 Å². The predicted molar refractivity (Wildman–Crippen MR) is 103 cm³/mol. The molecule has 2 N–H and O–H groups in total. The van der Waals surface area contributed by atoms with Crippen molar-refractivity contribution in [3.63, 3.8) is 0 Å². The average Bonchev–Trinajstić information content (AvgIpc) is 2.92. The Hall–Kier alpha value is -3.35. The van der Waals surface area contributed by atoms with Crippen molar-refractivity contribution in [2.45, 2.75) is 13.0 Å². The lowest BCUT2D eigenvalue weighted by Gasteiger charge is -2.35. The number of rotatable bonds is 2. The Kier molecular flexibility index (Phi) is 4.30. The van der Waals surface area contributed by atoms with E-state index in [4.69, 9.17) is 0 Å². The van der Waals surface area contributed by atoms with Crippen LogP contribution in [0.15, 0.2) is 42.5 Å². The van der Waals surface area contributed by atoms with E-state index in [9.17, 15) is 19.1 Å². The van der Waals surface area contributed by atoms with Gasteiger partial charge in [0, 0.05) is 36.7 Å². The second-order valence-electron chi connectivity index (χ2n) is 6.96. The predicted octanol–water partition coefficient (Wildman–Crippen LogP) is 2.64. The first-order chi connectivity index (χ1) is 13.4. The van der Waals surface area contributed by atoms with Crippen LogP contribution in [0.1, 0.15) is 27.7 Å². The van der Waals surface area contributed by atoms with Gasteiger partial charge in [0.15, 0.2) is 0 Å². The second-order valence-corrected chi connectivity index (χ2v) is 6.96. The van der Waals surface area contributed by atoms with Gasteiger partial charge in [0.2, 0.25) is 5.91 Å². The number of benzene rings is 2. The number of amides is 2. The van der Waals surface area contributed by atoms with Crippen LogP contribution in [0.2, 0.25) is 0 Å². The van der Waals surface area contributed by atoms with E-state index < -0.39 is 11.9 Å². The van der Waals surface area contributed by atoms with Crippen molar-refractivity contribution in [1.29, 1.82) is 0 Å². The highest BCUT2D eigenvalue weighted by Gasteiger charge is 2.36. The van der Waals surface area contributed by atoms with E-state index >= 15 is 0 Å². The average molecular weight is 381 g/mol. The summed E-state index contributed by atoms with van der Waals surface area (Å²) in [6.45, 7) is 2.51. The van der Waals surface area contributed by atoms with Crippen LogP contribution in [0, 0.1) is 12.7 Å². The fraction of sp³-hybridized carbons (Fsp3) is 0.238. The van der Waals surface area contributed by atoms with Gasteiger partial charge >= 0.3 is 0 Å². The minimum absolute atomic E-state index is 0.0682. The number of fused-ring (bicyclic) bond motifs is 1. The van der Waals surface area contributed by atoms with Gasteiger partial charge in [-0.2, -0.15) is 0 Å². The molecule has 144 valence electrons. The van der Waals surface area contributed by atoms with Crippen molar-refractivity contribution in [1.82, 2.24) is 14.8 Å². The number of hydrogen-bond donors (Lipinski definition) is 2. The van der Waals surface area contributed by atoms with Gasteiger partial charge < -0.3 is 19.9 Å². The summed E-state index contributed by atoms with van der Waals surface area (Å²) in [6.07, 6.45) is 0. The molecule has 0 aliphatic carbocycles. The number of carbonyl (C=O) groups is 2. The van der Waals surface area contributed by atoms with E-state index in [1.807, 2.05) is 18.5 Å². The zero-order chi connectivity index (χ0) is 20.0. The Labute approximate surface area is 161 Å². The van der Waals surface area contributed by atoms with Crippen LogP contribution in [0.25, 0.3) is 10.9 Å². The normalized spacial score (nSPS) is 17.0. The number of phenols is 1. The Bertz CT molecular complexity index is 1090. The fourth-order valence-electron chi connectivity index (χ4n) is 3.84. The van der Waals surface area contributed by atoms with Gasteiger partial charge in [-0.1, -0.05) is 12.1 Å². The van der Waals surface area contributed by atoms with E-state index in [2.05, 4.69) is 5.32 Å². The van der Waals surface area contributed by atoms with E-state index in [0.29, 0.717) is 29.6 Å². The molecule has 1 aromatic heterocycles. The number of nitrogens with zero attached hydrogens (tertiary/aromatic N) is 2. The number of halogens is 1. The molecule has 2 amide bonds. The lowest BCUT2D eigenvalue weighted by Crippen LogP contribution is -2.52. The summed E-state index contributed by atoms with van der Waals surface area (Å²) in [5.74, 6) is -0.929. The minimum atomic E-state index is -0.839. The van der Waals surface area contributed by atoms with E-state index in [1.165, 1.54) is 29.2 Å². The monoisotopic (exact) mass is 381 g/mol. The Morgan fingerprint density at radius 2 is 1.93 bits per heavy atom. The van der Waals surface area contributed by atoms with Crippen LogP contribution in [0.4, 0.5) is 4.39 Å². The van der Waals surface area contributed by atoms with E-state index in [0.717, 1.165) is 11.2 Å². The summed E-state index contributed by atoms with van der Waals surface area (Å²) in [7, 11) is 1.85. The highest BCUT2D eigenvalue weighted by molar-refractivity contribution is 6.10. The highest BCUT2D eigenvalue weighted by Crippen LogP contribution is 2.32. The van der Waals surface area contributed by atoms with Gasteiger partial charge in [-0.05, 0) is 42.8 Å². The molecular weight excluding hydrogens is 361 g/mol. The van der Waals surface area contributed by atoms with Crippen LogP contribution in [-0.4, -0.2) is 39.5 Å². The Balaban J connectivity index is 1.83. The third-order valence-corrected chi connectivity index (χ3v) is 5.35. The van der Waals surface area contributed by atoms with Gasteiger partial charge in [0.05, 0.1) is 5.56 Å². The first-order valence-corrected chi connectivity index (χ1v) is 9.00. The SMILES string of the molecule is Cc1c(C(=O)N2CCNC(=O)[C@@H]2c2ccc(F)cc2)c2cc(O)ccc2n1C. The quantitative estimate of drug-likeness (QED) is 0.717. The van der Waals surface area contributed by atoms with Crippen LogP contribution < -0.4 is 5.32 Å². The minimum Gasteiger partial charge on any atom is -0.508 e. The zero-order valence-electron chi connectivity index (χ0n) is 15.6. The first-order valence-electron chi connectivity index (χ1n) is 9.00. The number of piperazine rings is 1. The third-order valence-electron chi connectivity index (χ3n) is 5.35. The number of hydrogen-bond acceptors (Lipinski definition) is 3. The van der Waals surface area contributed by atoms with Crippen LogP contribution >= 0.6 is 0 Å². The highest BCUT2D eigenvalue weighted by atomic mass is 19.1. The molecule has 28 heavy (non-hydrogen) atoms. The molecule has 4 rings (SSSR count). The molecule has 0 unspecified atom stereocenters. The number of phenolic OH excluding ortho intramolecular Hbond substituents is 1. The van der Waals surface area contributed by atoms with Gasteiger partial charge in [-0.3, -0.25) is 9.59 Å². The van der Waals surface area contributed by atoms with Crippen molar-refractivity contribution < 1.29 is 19.1 Å². The second kappa shape index (κ2) is 6.67. The van der Waals surface area contributed by atoms with Crippen molar-refractivity contribution >= 4 is 22.7 Å². The molecule has 7 heteroatoms. The standard InChI is InChI=1S/C21H20FN3O3/c1-12-18(16-11-15(26)7-8-17(16)24(12)2)21(28)25-10-9-23-20(27)19(25)13-3-5-14(22)6-4-13/h3-8,11,19,26H,9-10H2,1-2H3,(H,23,27)/t19-/m0/s1. The van der Waals surface area contributed by atoms with Crippen LogP contribution in [0.5, 0.6) is 5.75 Å². The van der Waals surface area contributed by atoms with Crippen LogP contribution in [0.3, 0.4) is 0 Å². The number of carbonyl (C=O) groups excluding carboxylic acids is 2. The molecular formula is C21H20FN3O3. The Morgan fingerprint density at radius 1 is 1.21 bits per heavy atom. The smallest absolute Gasteiger partial charge is 0.257 e. The molecule has 2 heterocycles. The molecule has 1 saturated heterocycles. The summed E-state index contributed by atoms with van der Waals surface area (Å²) in [6, 6.07) is 9.66. The molecule has 0 spiro atoms. The van der Waals surface area contributed by atoms with Gasteiger partial charge in [-0.25, -0.2) is 4.39 Å². The third kappa shape index (κ3) is 2.79. The first kappa shape index (κ1) is 18.0. The van der Waals surface area contributed by atoms with Crippen molar-refractivity contribution in [2.24, 2.45) is 7.05 Å². The molecule has 0 bridgehead atoms. The van der Waals surface area contributed by atoms with E-state index in [1.54, 1.807) is 18.2 Å². The van der Waals surface area contributed by atoms with Gasteiger partial charge in [0.1, 0.15) is 17.6 Å². The number of aromatic nitrogens is 1. The summed E-state index contributed by atoms with van der Waals surface area (Å²) in [5, 5.41) is 13.3. The number of nitrogens with one attached hydrogen (secondary N) is 1. The van der Waals surface area contributed by atoms with Crippen molar-refractivity contribution in [3.8, 4) is 5.75 Å². The molecule has 1 atom stereocenters. The lowest BCUT2D eigenvalue weighted by atomic mass is 10.00. The molecule has 1 fully saturated rings. The summed E-state index contributed by atoms with van der Waals surface area (Å²) >= 11 is 0. The molecule has 6 nitrogen and oxygen atoms in total. The summed E-state index contributed by atoms with van der Waals surface area (Å²) in [5.41, 5.74) is 2.57. The number of aromatic hydroxyl groups is 1. The molecule has 3 aromatic rings. The lowest BCUT2D eigenvalue weighted by molar-refractivity contribution is -0.128. The molecule has 0 saturated carbocycles. The van der Waals surface area contributed by atoms with Crippen molar-refractivity contribution in [2.75, 3.05) is 13.1 Å². The van der Waals surface area contributed by atoms with Gasteiger partial charge in [-0.15, -0.1) is 0 Å². The maximum Gasteiger partial charge on any atom is 0.257 e. The maximum absolute atomic E-state index is 13.5. The number of aryl methyl sites for hydroxylation is 1. The maximum atomic E-state index is 13.5. The largest absolute Gasteiger partial charge is 0.508 e. The molecule has 0 radical (unpaired) electrons. The summed E-state index contributed by atoms with van der Waals surface area (Å²) < 4.78 is 15.2. The zero-order valence-corrected chi connectivity index (χ0v) is 15.6. The summed E-state index contributed by atoms with van der Waals surface area (Å²) in [4.78, 5) is 27.6. The van der Waals surface area contributed by atoms with Crippen LogP contribution in [-0.2, 0) is 11.8 Å². The Morgan fingerprint density at radius 3 is 2.64 bits per heavy atom. The van der Waals surface area contributed by atoms with Crippen molar-refractivity contribution in [3.05, 3.63) is 65.1 Å². The molecule has 1 aliphatic rings. The fourth-order valence-corrected chi connectivity index (χ4v) is 3.84. The molecule has 2 aromatic carbocycles. The topological polar surface area (TPSA) is 74.6 Å². The molecule has 1 aliphatic heterocycles. The van der Waals surface area contributed by atoms with Gasteiger partial charge in [0.25, 0.3) is 5.91 Å².